The number of nitrogens with zero attached hydrogens (tertiary/aromatic N) is 2. The largest absolute Gasteiger partial charge is 0.292 e. The first-order valence-corrected chi connectivity index (χ1v) is 8.08. The van der Waals surface area contributed by atoms with E-state index >= 15 is 0 Å². The van der Waals surface area contributed by atoms with E-state index in [4.69, 9.17) is 11.6 Å². The molecule has 0 radical (unpaired) electrons. The maximum Gasteiger partial charge on any atom is 0.214 e. The smallest absolute Gasteiger partial charge is 0.214 e. The summed E-state index contributed by atoms with van der Waals surface area (Å²) in [5.74, 6) is 0.156. The number of aryl methyl sites for hydroxylation is 1. The Bertz CT molecular complexity index is 1000. The molecular weight excluding hydrogens is 324 g/mol. The molecule has 5 heteroatoms. The summed E-state index contributed by atoms with van der Waals surface area (Å²) >= 11 is 6.04. The van der Waals surface area contributed by atoms with Crippen LogP contribution in [0.25, 0.3) is 5.69 Å². The second kappa shape index (κ2) is 5.42. The Kier molecular flexibility index (Phi) is 3.36. The number of aromatic nitrogens is 2. The molecule has 1 aliphatic carbocycles. The molecule has 4 nitrogen and oxygen atoms in total. The molecule has 0 aliphatic heterocycles. The number of benzene rings is 2. The number of alkyl halides is 1. The van der Waals surface area contributed by atoms with Crippen molar-refractivity contribution in [2.75, 3.05) is 0 Å². The van der Waals surface area contributed by atoms with Gasteiger partial charge >= 0.3 is 0 Å². The zero-order valence-corrected chi connectivity index (χ0v) is 13.7. The van der Waals surface area contributed by atoms with Gasteiger partial charge in [-0.1, -0.05) is 36.4 Å². The van der Waals surface area contributed by atoms with Crippen molar-refractivity contribution in [2.45, 2.75) is 12.8 Å². The average Bonchev–Trinajstić information content (AvgIpc) is 3.00. The molecule has 0 saturated heterocycles. The maximum absolute atomic E-state index is 13.0. The summed E-state index contributed by atoms with van der Waals surface area (Å²) in [6, 6.07) is 14.5. The first-order chi connectivity index (χ1) is 11.6. The second-order valence-electron chi connectivity index (χ2n) is 5.74. The van der Waals surface area contributed by atoms with Crippen LogP contribution in [-0.2, 0) is 5.88 Å². The minimum atomic E-state index is -0.238. The summed E-state index contributed by atoms with van der Waals surface area (Å²) in [6.07, 6.45) is 0. The summed E-state index contributed by atoms with van der Waals surface area (Å²) in [5, 5.41) is 0. The lowest BCUT2D eigenvalue weighted by atomic mass is 9.90. The van der Waals surface area contributed by atoms with Gasteiger partial charge < -0.3 is 0 Å². The van der Waals surface area contributed by atoms with Gasteiger partial charge in [0.15, 0.2) is 0 Å². The number of rotatable bonds is 2. The van der Waals surface area contributed by atoms with Crippen LogP contribution in [0.15, 0.2) is 48.5 Å². The Balaban J connectivity index is 2.03. The SMILES string of the molecule is Cc1cccc(-n2c(CCl)nc3c2C(=O)c2ccccc2C3=O)c1. The highest BCUT2D eigenvalue weighted by Gasteiger charge is 2.35. The van der Waals surface area contributed by atoms with Crippen molar-refractivity contribution in [3.63, 3.8) is 0 Å². The third-order valence-electron chi connectivity index (χ3n) is 4.17. The van der Waals surface area contributed by atoms with Gasteiger partial charge in [0.2, 0.25) is 11.6 Å². The fourth-order valence-corrected chi connectivity index (χ4v) is 3.28. The molecule has 24 heavy (non-hydrogen) atoms. The minimum Gasteiger partial charge on any atom is -0.292 e. The van der Waals surface area contributed by atoms with Gasteiger partial charge in [-0.2, -0.15) is 0 Å². The summed E-state index contributed by atoms with van der Waals surface area (Å²) in [7, 11) is 0. The summed E-state index contributed by atoms with van der Waals surface area (Å²) in [6.45, 7) is 1.97. The van der Waals surface area contributed by atoms with Gasteiger partial charge in [-0.25, -0.2) is 4.98 Å². The molecule has 4 rings (SSSR count). The average molecular weight is 337 g/mol. The highest BCUT2D eigenvalue weighted by Crippen LogP contribution is 2.30. The normalized spacial score (nSPS) is 12.9. The zero-order valence-electron chi connectivity index (χ0n) is 12.9. The molecule has 0 atom stereocenters. The molecule has 0 saturated carbocycles. The van der Waals surface area contributed by atoms with E-state index in [9.17, 15) is 9.59 Å². The van der Waals surface area contributed by atoms with Gasteiger partial charge in [0.1, 0.15) is 17.2 Å². The number of carbonyl (C=O) groups is 2. The van der Waals surface area contributed by atoms with E-state index in [1.807, 2.05) is 31.2 Å². The zero-order chi connectivity index (χ0) is 16.8. The van der Waals surface area contributed by atoms with Gasteiger partial charge in [-0.05, 0) is 24.6 Å². The van der Waals surface area contributed by atoms with Gasteiger partial charge in [0, 0.05) is 16.8 Å². The highest BCUT2D eigenvalue weighted by atomic mass is 35.5. The molecule has 3 aromatic rings. The monoisotopic (exact) mass is 336 g/mol. The fourth-order valence-electron chi connectivity index (χ4n) is 3.10. The number of fused-ring (bicyclic) bond motifs is 2. The lowest BCUT2D eigenvalue weighted by Gasteiger charge is -2.16. The number of hydrogen-bond acceptors (Lipinski definition) is 3. The molecule has 0 fully saturated rings. The van der Waals surface area contributed by atoms with Crippen LogP contribution in [0.2, 0.25) is 0 Å². The van der Waals surface area contributed by atoms with E-state index in [0.29, 0.717) is 22.6 Å². The maximum atomic E-state index is 13.0. The number of halogens is 1. The van der Waals surface area contributed by atoms with Gasteiger partial charge in [-0.15, -0.1) is 11.6 Å². The second-order valence-corrected chi connectivity index (χ2v) is 6.00. The Hall–Kier alpha value is -2.72. The van der Waals surface area contributed by atoms with E-state index in [-0.39, 0.29) is 23.1 Å². The van der Waals surface area contributed by atoms with E-state index in [1.165, 1.54) is 0 Å². The van der Waals surface area contributed by atoms with Crippen molar-refractivity contribution in [1.82, 2.24) is 9.55 Å². The van der Waals surface area contributed by atoms with Crippen molar-refractivity contribution in [3.05, 3.63) is 82.4 Å². The Morgan fingerprint density at radius 3 is 2.38 bits per heavy atom. The molecule has 1 aliphatic rings. The molecule has 0 unspecified atom stereocenters. The van der Waals surface area contributed by atoms with Crippen molar-refractivity contribution in [1.29, 1.82) is 0 Å². The van der Waals surface area contributed by atoms with Crippen molar-refractivity contribution in [2.24, 2.45) is 0 Å². The van der Waals surface area contributed by atoms with Crippen LogP contribution in [0.1, 0.15) is 43.5 Å². The summed E-state index contributed by atoms with van der Waals surface area (Å²) < 4.78 is 1.70. The standard InChI is InChI=1S/C19H13ClN2O2/c1-11-5-4-6-12(9-11)22-15(10-20)21-16-17(22)19(24)14-8-3-2-7-13(14)18(16)23/h2-9H,10H2,1H3. The predicted molar refractivity (Wildman–Crippen MR) is 91.2 cm³/mol. The molecule has 118 valence electrons. The van der Waals surface area contributed by atoms with Gasteiger partial charge in [-0.3, -0.25) is 14.2 Å². The molecule has 0 bridgehead atoms. The topological polar surface area (TPSA) is 52.0 Å². The Labute approximate surface area is 143 Å². The van der Waals surface area contributed by atoms with Crippen LogP contribution in [0.4, 0.5) is 0 Å². The van der Waals surface area contributed by atoms with Gasteiger partial charge in [0.05, 0.1) is 5.88 Å². The lowest BCUT2D eigenvalue weighted by molar-refractivity contribution is 0.0972. The van der Waals surface area contributed by atoms with Crippen LogP contribution in [0.5, 0.6) is 0 Å². The van der Waals surface area contributed by atoms with Crippen molar-refractivity contribution in [3.8, 4) is 5.69 Å². The third-order valence-corrected chi connectivity index (χ3v) is 4.41. The van der Waals surface area contributed by atoms with Crippen LogP contribution in [-0.4, -0.2) is 21.1 Å². The van der Waals surface area contributed by atoms with E-state index in [1.54, 1.807) is 28.8 Å². The number of hydrogen-bond donors (Lipinski definition) is 0. The third kappa shape index (κ3) is 2.03. The lowest BCUT2D eigenvalue weighted by Crippen LogP contribution is -2.23. The molecule has 2 aromatic carbocycles. The van der Waals surface area contributed by atoms with E-state index < -0.39 is 0 Å². The molecule has 1 aromatic heterocycles. The van der Waals surface area contributed by atoms with Crippen molar-refractivity contribution < 1.29 is 9.59 Å². The van der Waals surface area contributed by atoms with Crippen LogP contribution >= 0.6 is 11.6 Å². The molecule has 0 N–H and O–H groups in total. The Morgan fingerprint density at radius 1 is 1.00 bits per heavy atom. The first-order valence-electron chi connectivity index (χ1n) is 7.55. The van der Waals surface area contributed by atoms with Crippen LogP contribution in [0.3, 0.4) is 0 Å². The predicted octanol–water partition coefficient (Wildman–Crippen LogP) is 3.69. The molecule has 1 heterocycles. The molecule has 0 amide bonds. The van der Waals surface area contributed by atoms with E-state index in [2.05, 4.69) is 4.98 Å². The highest BCUT2D eigenvalue weighted by molar-refractivity contribution is 6.27. The molecular formula is C19H13ClN2O2. The number of imidazole rings is 1. The van der Waals surface area contributed by atoms with E-state index in [0.717, 1.165) is 11.3 Å². The number of ketones is 2. The minimum absolute atomic E-state index is 0.109. The number of carbonyl (C=O) groups excluding carboxylic acids is 2. The summed E-state index contributed by atoms with van der Waals surface area (Å²) in [4.78, 5) is 30.1. The van der Waals surface area contributed by atoms with Gasteiger partial charge in [0.25, 0.3) is 0 Å². The van der Waals surface area contributed by atoms with Crippen LogP contribution < -0.4 is 0 Å². The quantitative estimate of drug-likeness (QED) is 0.524. The van der Waals surface area contributed by atoms with Crippen molar-refractivity contribution >= 4 is 23.2 Å². The Morgan fingerprint density at radius 2 is 1.71 bits per heavy atom. The summed E-state index contributed by atoms with van der Waals surface area (Å²) in [5.41, 5.74) is 3.09. The van der Waals surface area contributed by atoms with Crippen LogP contribution in [0, 0.1) is 6.92 Å². The fraction of sp³-hybridized carbons (Fsp3) is 0.105. The molecule has 0 spiro atoms. The first kappa shape index (κ1) is 14.8.